The third-order valence-corrected chi connectivity index (χ3v) is 4.17. The third kappa shape index (κ3) is 3.20. The van der Waals surface area contributed by atoms with Crippen molar-refractivity contribution in [3.05, 3.63) is 10.6 Å². The predicted molar refractivity (Wildman–Crippen MR) is 70.5 cm³/mol. The lowest BCUT2D eigenvalue weighted by atomic mass is 10.2. The lowest BCUT2D eigenvalue weighted by molar-refractivity contribution is -0.136. The van der Waals surface area contributed by atoms with Gasteiger partial charge in [0.25, 0.3) is 0 Å². The molecule has 1 fully saturated rings. The van der Waals surface area contributed by atoms with Gasteiger partial charge in [0, 0.05) is 18.0 Å². The van der Waals surface area contributed by atoms with Crippen LogP contribution in [0.4, 0.5) is 5.13 Å². The Hall–Kier alpha value is -1.14. The van der Waals surface area contributed by atoms with Gasteiger partial charge in [-0.2, -0.15) is 0 Å². The molecular formula is C12H18N2O3S. The molecule has 1 aromatic rings. The number of carboxylic acid groups (broad SMARTS) is 1. The van der Waals surface area contributed by atoms with Crippen LogP contribution in [0.5, 0.6) is 0 Å². The zero-order valence-corrected chi connectivity index (χ0v) is 11.3. The van der Waals surface area contributed by atoms with Crippen LogP contribution in [0.25, 0.3) is 0 Å². The Morgan fingerprint density at radius 2 is 2.22 bits per heavy atom. The Balaban J connectivity index is 2.09. The SMILES string of the molecule is CCc1nc(N2CCOCC2)sc1CCC(=O)O. The van der Waals surface area contributed by atoms with E-state index in [1.165, 1.54) is 0 Å². The van der Waals surface area contributed by atoms with Crippen molar-refractivity contribution in [2.45, 2.75) is 26.2 Å². The van der Waals surface area contributed by atoms with Crippen LogP contribution in [0.1, 0.15) is 23.9 Å². The van der Waals surface area contributed by atoms with E-state index in [0.717, 1.165) is 48.4 Å². The summed E-state index contributed by atoms with van der Waals surface area (Å²) in [6.45, 7) is 5.28. The van der Waals surface area contributed by atoms with Crippen LogP contribution in [0, 0.1) is 0 Å². The summed E-state index contributed by atoms with van der Waals surface area (Å²) >= 11 is 1.63. The van der Waals surface area contributed by atoms with Crippen molar-refractivity contribution in [3.8, 4) is 0 Å². The molecule has 1 saturated heterocycles. The number of anilines is 1. The lowest BCUT2D eigenvalue weighted by Gasteiger charge is -2.26. The van der Waals surface area contributed by atoms with Crippen LogP contribution in [-0.2, 0) is 22.4 Å². The highest BCUT2D eigenvalue weighted by molar-refractivity contribution is 7.15. The first kappa shape index (κ1) is 13.3. The second kappa shape index (κ2) is 6.15. The number of aliphatic carboxylic acids is 1. The largest absolute Gasteiger partial charge is 0.481 e. The van der Waals surface area contributed by atoms with E-state index in [4.69, 9.17) is 9.84 Å². The summed E-state index contributed by atoms with van der Waals surface area (Å²) in [6.07, 6.45) is 1.62. The van der Waals surface area contributed by atoms with Crippen LogP contribution in [0.2, 0.25) is 0 Å². The van der Waals surface area contributed by atoms with E-state index in [1.54, 1.807) is 11.3 Å². The molecule has 100 valence electrons. The van der Waals surface area contributed by atoms with Gasteiger partial charge in [0.15, 0.2) is 5.13 Å². The molecular weight excluding hydrogens is 252 g/mol. The maximum absolute atomic E-state index is 10.6. The van der Waals surface area contributed by atoms with Gasteiger partial charge in [0.2, 0.25) is 0 Å². The summed E-state index contributed by atoms with van der Waals surface area (Å²) in [5.74, 6) is -0.752. The minimum atomic E-state index is -0.752. The van der Waals surface area contributed by atoms with Crippen molar-refractivity contribution in [1.29, 1.82) is 0 Å². The number of ether oxygens (including phenoxy) is 1. The number of hydrogen-bond acceptors (Lipinski definition) is 5. The Labute approximate surface area is 110 Å². The van der Waals surface area contributed by atoms with Gasteiger partial charge in [0.05, 0.1) is 25.3 Å². The molecule has 1 aliphatic heterocycles. The zero-order valence-electron chi connectivity index (χ0n) is 10.5. The van der Waals surface area contributed by atoms with Crippen LogP contribution in [0.15, 0.2) is 0 Å². The minimum absolute atomic E-state index is 0.178. The standard InChI is InChI=1S/C12H18N2O3S/c1-2-9-10(3-4-11(15)16)18-12(13-9)14-5-7-17-8-6-14/h2-8H2,1H3,(H,15,16). The highest BCUT2D eigenvalue weighted by atomic mass is 32.1. The molecule has 1 aliphatic rings. The average molecular weight is 270 g/mol. The Morgan fingerprint density at radius 1 is 1.50 bits per heavy atom. The van der Waals surface area contributed by atoms with E-state index in [1.807, 2.05) is 0 Å². The number of nitrogens with zero attached hydrogens (tertiary/aromatic N) is 2. The van der Waals surface area contributed by atoms with Gasteiger partial charge >= 0.3 is 5.97 Å². The number of thiazole rings is 1. The fourth-order valence-electron chi connectivity index (χ4n) is 1.95. The number of morpholine rings is 1. The van der Waals surface area contributed by atoms with Crippen LogP contribution >= 0.6 is 11.3 Å². The fraction of sp³-hybridized carbons (Fsp3) is 0.667. The van der Waals surface area contributed by atoms with Gasteiger partial charge in [0.1, 0.15) is 0 Å². The van der Waals surface area contributed by atoms with Gasteiger partial charge in [-0.15, -0.1) is 11.3 Å². The molecule has 0 spiro atoms. The molecule has 2 rings (SSSR count). The lowest BCUT2D eigenvalue weighted by Crippen LogP contribution is -2.36. The molecule has 18 heavy (non-hydrogen) atoms. The second-order valence-electron chi connectivity index (χ2n) is 4.21. The van der Waals surface area contributed by atoms with Crippen molar-refractivity contribution in [2.24, 2.45) is 0 Å². The monoisotopic (exact) mass is 270 g/mol. The maximum atomic E-state index is 10.6. The molecule has 0 amide bonds. The van der Waals surface area contributed by atoms with E-state index >= 15 is 0 Å². The van der Waals surface area contributed by atoms with Crippen LogP contribution in [0.3, 0.4) is 0 Å². The minimum Gasteiger partial charge on any atom is -0.481 e. The van der Waals surface area contributed by atoms with Crippen molar-refractivity contribution in [2.75, 3.05) is 31.2 Å². The summed E-state index contributed by atoms with van der Waals surface area (Å²) in [4.78, 5) is 18.6. The number of carbonyl (C=O) groups is 1. The maximum Gasteiger partial charge on any atom is 0.303 e. The molecule has 5 nitrogen and oxygen atoms in total. The molecule has 2 heterocycles. The highest BCUT2D eigenvalue weighted by Gasteiger charge is 2.18. The highest BCUT2D eigenvalue weighted by Crippen LogP contribution is 2.28. The number of aromatic nitrogens is 1. The molecule has 0 radical (unpaired) electrons. The van der Waals surface area contributed by atoms with Gasteiger partial charge in [-0.25, -0.2) is 4.98 Å². The first-order chi connectivity index (χ1) is 8.70. The second-order valence-corrected chi connectivity index (χ2v) is 5.28. The number of rotatable bonds is 5. The summed E-state index contributed by atoms with van der Waals surface area (Å²) in [7, 11) is 0. The number of aryl methyl sites for hydroxylation is 2. The van der Waals surface area contributed by atoms with E-state index < -0.39 is 5.97 Å². The zero-order chi connectivity index (χ0) is 13.0. The van der Waals surface area contributed by atoms with E-state index in [0.29, 0.717) is 6.42 Å². The Morgan fingerprint density at radius 3 is 2.83 bits per heavy atom. The number of hydrogen-bond donors (Lipinski definition) is 1. The summed E-state index contributed by atoms with van der Waals surface area (Å²) in [6, 6.07) is 0. The fourth-order valence-corrected chi connectivity index (χ4v) is 3.15. The molecule has 1 aromatic heterocycles. The van der Waals surface area contributed by atoms with Crippen molar-refractivity contribution in [3.63, 3.8) is 0 Å². The molecule has 0 atom stereocenters. The van der Waals surface area contributed by atoms with Gasteiger partial charge in [-0.3, -0.25) is 4.79 Å². The quantitative estimate of drug-likeness (QED) is 0.879. The molecule has 6 heteroatoms. The van der Waals surface area contributed by atoms with Crippen molar-refractivity contribution < 1.29 is 14.6 Å². The topological polar surface area (TPSA) is 62.7 Å². The molecule has 0 unspecified atom stereocenters. The van der Waals surface area contributed by atoms with Gasteiger partial charge in [-0.05, 0) is 12.8 Å². The van der Waals surface area contributed by atoms with E-state index in [9.17, 15) is 4.79 Å². The Kier molecular flexibility index (Phi) is 4.54. The summed E-state index contributed by atoms with van der Waals surface area (Å²) in [5, 5.41) is 9.76. The summed E-state index contributed by atoms with van der Waals surface area (Å²) < 4.78 is 5.32. The first-order valence-electron chi connectivity index (χ1n) is 6.23. The normalized spacial score (nSPS) is 15.9. The van der Waals surface area contributed by atoms with E-state index in [2.05, 4.69) is 16.8 Å². The smallest absolute Gasteiger partial charge is 0.303 e. The number of carboxylic acids is 1. The molecule has 0 aromatic carbocycles. The van der Waals surface area contributed by atoms with Gasteiger partial charge < -0.3 is 14.7 Å². The van der Waals surface area contributed by atoms with Gasteiger partial charge in [-0.1, -0.05) is 6.92 Å². The predicted octanol–water partition coefficient (Wildman–Crippen LogP) is 1.56. The van der Waals surface area contributed by atoms with Crippen LogP contribution in [-0.4, -0.2) is 42.4 Å². The Bertz CT molecular complexity index is 413. The third-order valence-electron chi connectivity index (χ3n) is 2.95. The molecule has 0 saturated carbocycles. The van der Waals surface area contributed by atoms with E-state index in [-0.39, 0.29) is 6.42 Å². The van der Waals surface area contributed by atoms with Crippen LogP contribution < -0.4 is 4.90 Å². The molecule has 0 aliphatic carbocycles. The first-order valence-corrected chi connectivity index (χ1v) is 7.05. The molecule has 0 bridgehead atoms. The molecule has 1 N–H and O–H groups in total. The summed E-state index contributed by atoms with van der Waals surface area (Å²) in [5.41, 5.74) is 1.04. The van der Waals surface area contributed by atoms with Crippen molar-refractivity contribution >= 4 is 22.4 Å². The average Bonchev–Trinajstić information content (AvgIpc) is 2.80. The van der Waals surface area contributed by atoms with Crippen molar-refractivity contribution in [1.82, 2.24) is 4.98 Å².